The summed E-state index contributed by atoms with van der Waals surface area (Å²) in [5.41, 5.74) is 0. The molecule has 0 amide bonds. The van der Waals surface area contributed by atoms with Crippen molar-refractivity contribution in [3.63, 3.8) is 0 Å². The third-order valence-corrected chi connectivity index (χ3v) is 1.16. The predicted octanol–water partition coefficient (Wildman–Crippen LogP) is 0.395. The highest BCUT2D eigenvalue weighted by molar-refractivity contribution is 14.0. The predicted molar refractivity (Wildman–Crippen MR) is 42.2 cm³/mol. The molecule has 1 aliphatic heterocycles. The monoisotopic (exact) mass is 258 g/mol. The van der Waals surface area contributed by atoms with E-state index in [1.54, 1.807) is 0 Å². The number of carbonyl (C=O) groups excluding carboxylic acids is 1. The first-order valence-corrected chi connectivity index (χ1v) is 2.62. The van der Waals surface area contributed by atoms with Gasteiger partial charge in [-0.15, -0.1) is 24.0 Å². The summed E-state index contributed by atoms with van der Waals surface area (Å²) in [5.74, 6) is -1.47. The lowest BCUT2D eigenvalue weighted by Gasteiger charge is -1.99. The summed E-state index contributed by atoms with van der Waals surface area (Å²) in [4.78, 5) is 20.3. The Hall–Kier alpha value is -0.330. The van der Waals surface area contributed by atoms with Crippen LogP contribution in [0, 0.1) is 0 Å². The van der Waals surface area contributed by atoms with Crippen LogP contribution < -0.4 is 0 Å². The zero-order valence-electron chi connectivity index (χ0n) is 5.07. The third-order valence-electron chi connectivity index (χ3n) is 1.16. The molecule has 0 aromatic rings. The van der Waals surface area contributed by atoms with Crippen LogP contribution in [0.25, 0.3) is 0 Å². The van der Waals surface area contributed by atoms with E-state index in [0.717, 1.165) is 0 Å². The maximum Gasteiger partial charge on any atom is 0.345 e. The molecule has 10 heavy (non-hydrogen) atoms. The maximum atomic E-state index is 10.3. The molecular formula is C5H7IO4. The second kappa shape index (κ2) is 3.75. The lowest BCUT2D eigenvalue weighted by Crippen LogP contribution is -2.18. The number of carbonyl (C=O) groups is 2. The highest BCUT2D eigenvalue weighted by atomic mass is 127. The van der Waals surface area contributed by atoms with E-state index >= 15 is 0 Å². The fraction of sp³-hybridized carbons (Fsp3) is 0.600. The van der Waals surface area contributed by atoms with Gasteiger partial charge in [-0.05, 0) is 0 Å². The number of hydrogen-bond donors (Lipinski definition) is 1. The second-order valence-electron chi connectivity index (χ2n) is 1.86. The molecule has 1 saturated heterocycles. The minimum atomic E-state index is -1.05. The molecule has 0 bridgehead atoms. The van der Waals surface area contributed by atoms with Crippen molar-refractivity contribution in [2.24, 2.45) is 0 Å². The number of esters is 1. The van der Waals surface area contributed by atoms with Gasteiger partial charge >= 0.3 is 11.9 Å². The Bertz CT molecular complexity index is 156. The number of carboxylic acids is 1. The lowest BCUT2D eigenvalue weighted by atomic mass is 10.2. The molecule has 0 radical (unpaired) electrons. The van der Waals surface area contributed by atoms with E-state index in [4.69, 9.17) is 5.11 Å². The van der Waals surface area contributed by atoms with Crippen LogP contribution in [-0.4, -0.2) is 23.1 Å². The van der Waals surface area contributed by atoms with Crippen molar-refractivity contribution < 1.29 is 19.4 Å². The van der Waals surface area contributed by atoms with Gasteiger partial charge in [0.05, 0.1) is 0 Å². The van der Waals surface area contributed by atoms with Crippen molar-refractivity contribution in [3.8, 4) is 0 Å². The van der Waals surface area contributed by atoms with Gasteiger partial charge in [-0.2, -0.15) is 0 Å². The topological polar surface area (TPSA) is 63.6 Å². The van der Waals surface area contributed by atoms with Crippen molar-refractivity contribution >= 4 is 35.9 Å². The van der Waals surface area contributed by atoms with Crippen LogP contribution >= 0.6 is 24.0 Å². The van der Waals surface area contributed by atoms with Gasteiger partial charge in [0, 0.05) is 12.8 Å². The van der Waals surface area contributed by atoms with E-state index in [1.165, 1.54) is 0 Å². The number of halogens is 1. The van der Waals surface area contributed by atoms with Crippen LogP contribution in [0.1, 0.15) is 12.8 Å². The van der Waals surface area contributed by atoms with Crippen molar-refractivity contribution in [1.29, 1.82) is 0 Å². The summed E-state index contributed by atoms with van der Waals surface area (Å²) in [6, 6.07) is 0. The summed E-state index contributed by atoms with van der Waals surface area (Å²) in [5, 5.41) is 8.25. The Morgan fingerprint density at radius 3 is 2.50 bits per heavy atom. The van der Waals surface area contributed by atoms with Gasteiger partial charge in [-0.1, -0.05) is 0 Å². The zero-order chi connectivity index (χ0) is 6.85. The van der Waals surface area contributed by atoms with Crippen molar-refractivity contribution in [3.05, 3.63) is 0 Å². The van der Waals surface area contributed by atoms with E-state index in [2.05, 4.69) is 4.74 Å². The molecule has 58 valence electrons. The number of carboxylic acid groups (broad SMARTS) is 1. The highest BCUT2D eigenvalue weighted by Gasteiger charge is 2.28. The van der Waals surface area contributed by atoms with Gasteiger partial charge in [0.2, 0.25) is 0 Å². The Kier molecular flexibility index (Phi) is 3.62. The highest BCUT2D eigenvalue weighted by Crippen LogP contribution is 2.12. The Morgan fingerprint density at radius 2 is 2.30 bits per heavy atom. The van der Waals surface area contributed by atoms with E-state index in [1.807, 2.05) is 0 Å². The minimum absolute atomic E-state index is 0. The molecule has 1 N–H and O–H groups in total. The molecule has 1 atom stereocenters. The van der Waals surface area contributed by atoms with Crippen molar-refractivity contribution in [1.82, 2.24) is 0 Å². The van der Waals surface area contributed by atoms with Crippen LogP contribution in [0.15, 0.2) is 0 Å². The quantitative estimate of drug-likeness (QED) is 0.546. The lowest BCUT2D eigenvalue weighted by molar-refractivity contribution is -0.156. The molecule has 5 heteroatoms. The molecule has 0 aromatic heterocycles. The standard InChI is InChI=1S/C5H6O4.HI/c6-4-2-1-3(9-4)5(7)8;/h3H,1-2H2,(H,7,8);1H. The number of rotatable bonds is 1. The number of aliphatic carboxylic acids is 1. The molecule has 0 aromatic carbocycles. The fourth-order valence-electron chi connectivity index (χ4n) is 0.699. The van der Waals surface area contributed by atoms with E-state index in [-0.39, 0.29) is 30.4 Å². The molecule has 0 aliphatic carbocycles. The van der Waals surface area contributed by atoms with Crippen LogP contribution in [0.4, 0.5) is 0 Å². The first-order chi connectivity index (χ1) is 4.20. The van der Waals surface area contributed by atoms with Crippen LogP contribution in [0.3, 0.4) is 0 Å². The summed E-state index contributed by atoms with van der Waals surface area (Å²) in [6.45, 7) is 0. The largest absolute Gasteiger partial charge is 0.479 e. The Morgan fingerprint density at radius 1 is 1.70 bits per heavy atom. The number of cyclic esters (lactones) is 1. The third kappa shape index (κ3) is 2.13. The van der Waals surface area contributed by atoms with Gasteiger partial charge in [0.1, 0.15) is 0 Å². The van der Waals surface area contributed by atoms with E-state index in [0.29, 0.717) is 6.42 Å². The van der Waals surface area contributed by atoms with Gasteiger partial charge in [-0.25, -0.2) is 4.79 Å². The normalized spacial score (nSPS) is 23.2. The Labute approximate surface area is 74.6 Å². The average Bonchev–Trinajstić information content (AvgIpc) is 2.14. The minimum Gasteiger partial charge on any atom is -0.479 e. The second-order valence-corrected chi connectivity index (χ2v) is 1.86. The summed E-state index contributed by atoms with van der Waals surface area (Å²) in [7, 11) is 0. The molecule has 0 saturated carbocycles. The fourth-order valence-corrected chi connectivity index (χ4v) is 0.699. The number of ether oxygens (including phenoxy) is 1. The first kappa shape index (κ1) is 9.67. The SMILES string of the molecule is I.O=C1CCC(C(=O)O)O1. The van der Waals surface area contributed by atoms with E-state index in [9.17, 15) is 9.59 Å². The maximum absolute atomic E-state index is 10.3. The molecule has 1 unspecified atom stereocenters. The molecule has 4 nitrogen and oxygen atoms in total. The van der Waals surface area contributed by atoms with Crippen molar-refractivity contribution in [2.75, 3.05) is 0 Å². The van der Waals surface area contributed by atoms with Gasteiger partial charge in [-0.3, -0.25) is 4.79 Å². The average molecular weight is 258 g/mol. The van der Waals surface area contributed by atoms with E-state index < -0.39 is 18.0 Å². The number of hydrogen-bond acceptors (Lipinski definition) is 3. The van der Waals surface area contributed by atoms with Gasteiger partial charge < -0.3 is 9.84 Å². The van der Waals surface area contributed by atoms with Crippen LogP contribution in [0.5, 0.6) is 0 Å². The van der Waals surface area contributed by atoms with Crippen molar-refractivity contribution in [2.45, 2.75) is 18.9 Å². The summed E-state index contributed by atoms with van der Waals surface area (Å²) < 4.78 is 4.38. The first-order valence-electron chi connectivity index (χ1n) is 2.62. The van der Waals surface area contributed by atoms with Crippen LogP contribution in [-0.2, 0) is 14.3 Å². The van der Waals surface area contributed by atoms with Gasteiger partial charge in [0.25, 0.3) is 0 Å². The zero-order valence-corrected chi connectivity index (χ0v) is 7.40. The molecule has 1 fully saturated rings. The smallest absolute Gasteiger partial charge is 0.345 e. The Balaban J connectivity index is 0.000000810. The molecule has 1 heterocycles. The molecule has 1 aliphatic rings. The molecular weight excluding hydrogens is 251 g/mol. The van der Waals surface area contributed by atoms with Crippen LogP contribution in [0.2, 0.25) is 0 Å². The van der Waals surface area contributed by atoms with Gasteiger partial charge in [0.15, 0.2) is 6.10 Å². The summed E-state index contributed by atoms with van der Waals surface area (Å²) >= 11 is 0. The molecule has 1 rings (SSSR count). The molecule has 0 spiro atoms. The summed E-state index contributed by atoms with van der Waals surface area (Å²) in [6.07, 6.45) is -0.344.